The highest BCUT2D eigenvalue weighted by molar-refractivity contribution is 7.99. The van der Waals surface area contributed by atoms with Gasteiger partial charge < -0.3 is 10.2 Å². The Hall–Kier alpha value is -1.69. The summed E-state index contributed by atoms with van der Waals surface area (Å²) in [6.07, 6.45) is 0.337. The van der Waals surface area contributed by atoms with Crippen LogP contribution in [-0.2, 0) is 16.1 Å². The van der Waals surface area contributed by atoms with Gasteiger partial charge in [-0.3, -0.25) is 9.59 Å². The molecule has 1 N–H and O–H groups in total. The van der Waals surface area contributed by atoms with Crippen LogP contribution in [0.1, 0.15) is 31.4 Å². The van der Waals surface area contributed by atoms with Crippen molar-refractivity contribution in [3.63, 3.8) is 0 Å². The van der Waals surface area contributed by atoms with Gasteiger partial charge in [0.15, 0.2) is 0 Å². The molecule has 1 atom stereocenters. The molecule has 7 heteroatoms. The number of halogens is 2. The zero-order valence-corrected chi connectivity index (χ0v) is 19.2. The van der Waals surface area contributed by atoms with Gasteiger partial charge in [-0.15, -0.1) is 11.8 Å². The second kappa shape index (κ2) is 11.5. The maximum absolute atomic E-state index is 13.0. The smallest absolute Gasteiger partial charge is 0.242 e. The fourth-order valence-electron chi connectivity index (χ4n) is 2.77. The van der Waals surface area contributed by atoms with Gasteiger partial charge in [0.25, 0.3) is 0 Å². The molecule has 4 nitrogen and oxygen atoms in total. The summed E-state index contributed by atoms with van der Waals surface area (Å²) in [6.45, 7) is 6.45. The van der Waals surface area contributed by atoms with Gasteiger partial charge in [0.2, 0.25) is 11.8 Å². The van der Waals surface area contributed by atoms with E-state index >= 15 is 0 Å². The highest BCUT2D eigenvalue weighted by Crippen LogP contribution is 2.24. The Bertz CT molecular complexity index is 843. The standard InChI is InChI=1S/C22H26Cl2N2O2S/c1-4-25-22(28)16(3)26(14-17-7-10-19(23)20(24)13-17)21(27)11-12-29-18-8-5-15(2)6-9-18/h5-10,13,16H,4,11-12,14H2,1-3H3,(H,25,28)/t16-/m1/s1. The molecule has 2 amide bonds. The Labute approximate surface area is 187 Å². The molecule has 0 fully saturated rings. The van der Waals surface area contributed by atoms with Crippen LogP contribution in [-0.4, -0.2) is 35.1 Å². The minimum Gasteiger partial charge on any atom is -0.355 e. The lowest BCUT2D eigenvalue weighted by molar-refractivity contribution is -0.140. The quantitative estimate of drug-likeness (QED) is 0.522. The van der Waals surface area contributed by atoms with E-state index in [0.717, 1.165) is 10.5 Å². The van der Waals surface area contributed by atoms with Crippen molar-refractivity contribution in [1.29, 1.82) is 0 Å². The van der Waals surface area contributed by atoms with E-state index in [1.165, 1.54) is 5.56 Å². The zero-order chi connectivity index (χ0) is 21.4. The van der Waals surface area contributed by atoms with Gasteiger partial charge in [0.05, 0.1) is 10.0 Å². The Kier molecular flexibility index (Phi) is 9.34. The highest BCUT2D eigenvalue weighted by Gasteiger charge is 2.25. The van der Waals surface area contributed by atoms with Gasteiger partial charge in [0, 0.05) is 30.2 Å². The number of hydrogen-bond donors (Lipinski definition) is 1. The lowest BCUT2D eigenvalue weighted by atomic mass is 10.1. The molecule has 0 spiro atoms. The number of likely N-dealkylation sites (N-methyl/N-ethyl adjacent to an activating group) is 1. The Balaban J connectivity index is 2.07. The van der Waals surface area contributed by atoms with E-state index in [0.29, 0.717) is 35.3 Å². The van der Waals surface area contributed by atoms with E-state index in [1.54, 1.807) is 35.7 Å². The molecular formula is C22H26Cl2N2O2S. The summed E-state index contributed by atoms with van der Waals surface area (Å²) in [4.78, 5) is 28.1. The van der Waals surface area contributed by atoms with Crippen LogP contribution < -0.4 is 5.32 Å². The monoisotopic (exact) mass is 452 g/mol. The van der Waals surface area contributed by atoms with Crippen LogP contribution in [0.15, 0.2) is 47.4 Å². The van der Waals surface area contributed by atoms with Crippen LogP contribution in [0.5, 0.6) is 0 Å². The summed E-state index contributed by atoms with van der Waals surface area (Å²) in [5.74, 6) is 0.392. The van der Waals surface area contributed by atoms with Crippen molar-refractivity contribution in [3.05, 3.63) is 63.6 Å². The lowest BCUT2D eigenvalue weighted by Gasteiger charge is -2.29. The van der Waals surface area contributed by atoms with E-state index in [2.05, 4.69) is 29.6 Å². The molecule has 0 unspecified atom stereocenters. The second-order valence-corrected chi connectivity index (χ2v) is 8.73. The predicted molar refractivity (Wildman–Crippen MR) is 122 cm³/mol. The third-order valence-electron chi connectivity index (χ3n) is 4.46. The van der Waals surface area contributed by atoms with Crippen molar-refractivity contribution < 1.29 is 9.59 Å². The molecule has 2 aromatic rings. The maximum atomic E-state index is 13.0. The summed E-state index contributed by atoms with van der Waals surface area (Å²) >= 11 is 13.7. The van der Waals surface area contributed by atoms with Crippen molar-refractivity contribution in [1.82, 2.24) is 10.2 Å². The summed E-state index contributed by atoms with van der Waals surface area (Å²) in [5, 5.41) is 3.67. The van der Waals surface area contributed by atoms with Crippen LogP contribution >= 0.6 is 35.0 Å². The summed E-state index contributed by atoms with van der Waals surface area (Å²) in [6, 6.07) is 12.9. The van der Waals surface area contributed by atoms with Crippen LogP contribution in [0.4, 0.5) is 0 Å². The minimum atomic E-state index is -0.582. The first-order valence-electron chi connectivity index (χ1n) is 9.52. The van der Waals surface area contributed by atoms with Gasteiger partial charge in [-0.2, -0.15) is 0 Å². The van der Waals surface area contributed by atoms with Crippen molar-refractivity contribution >= 4 is 46.8 Å². The van der Waals surface area contributed by atoms with Gasteiger partial charge >= 0.3 is 0 Å². The molecule has 0 heterocycles. The summed E-state index contributed by atoms with van der Waals surface area (Å²) in [5.41, 5.74) is 2.03. The largest absolute Gasteiger partial charge is 0.355 e. The van der Waals surface area contributed by atoms with E-state index in [9.17, 15) is 9.59 Å². The number of carbonyl (C=O) groups is 2. The molecule has 2 aromatic carbocycles. The van der Waals surface area contributed by atoms with E-state index in [-0.39, 0.29) is 11.8 Å². The molecule has 0 saturated heterocycles. The molecule has 2 rings (SSSR count). The van der Waals surface area contributed by atoms with Gasteiger partial charge in [-0.1, -0.05) is 47.0 Å². The molecule has 0 radical (unpaired) electrons. The molecule has 0 aliphatic rings. The van der Waals surface area contributed by atoms with Crippen molar-refractivity contribution in [2.45, 2.75) is 44.7 Å². The molecular weight excluding hydrogens is 427 g/mol. The Morgan fingerprint density at radius 2 is 1.79 bits per heavy atom. The lowest BCUT2D eigenvalue weighted by Crippen LogP contribution is -2.47. The summed E-state index contributed by atoms with van der Waals surface area (Å²) < 4.78 is 0. The molecule has 0 saturated carbocycles. The average Bonchev–Trinajstić information content (AvgIpc) is 2.69. The number of amides is 2. The number of benzene rings is 2. The number of carbonyl (C=O) groups excluding carboxylic acids is 2. The topological polar surface area (TPSA) is 49.4 Å². The minimum absolute atomic E-state index is 0.0746. The van der Waals surface area contributed by atoms with Crippen molar-refractivity contribution in [3.8, 4) is 0 Å². The van der Waals surface area contributed by atoms with Crippen LogP contribution in [0, 0.1) is 6.92 Å². The van der Waals surface area contributed by atoms with E-state index in [1.807, 2.05) is 19.9 Å². The number of thioether (sulfide) groups is 1. The van der Waals surface area contributed by atoms with Crippen LogP contribution in [0.25, 0.3) is 0 Å². The number of hydrogen-bond acceptors (Lipinski definition) is 3. The fourth-order valence-corrected chi connectivity index (χ4v) is 3.94. The van der Waals surface area contributed by atoms with Gasteiger partial charge in [-0.05, 0) is 50.6 Å². The average molecular weight is 453 g/mol. The van der Waals surface area contributed by atoms with Crippen LogP contribution in [0.3, 0.4) is 0 Å². The highest BCUT2D eigenvalue weighted by atomic mass is 35.5. The summed E-state index contributed by atoms with van der Waals surface area (Å²) in [7, 11) is 0. The van der Waals surface area contributed by atoms with Crippen molar-refractivity contribution in [2.75, 3.05) is 12.3 Å². The Morgan fingerprint density at radius 3 is 2.41 bits per heavy atom. The molecule has 0 aromatic heterocycles. The van der Waals surface area contributed by atoms with Crippen LogP contribution in [0.2, 0.25) is 10.0 Å². The number of nitrogens with one attached hydrogen (secondary N) is 1. The Morgan fingerprint density at radius 1 is 1.10 bits per heavy atom. The molecule has 156 valence electrons. The van der Waals surface area contributed by atoms with E-state index in [4.69, 9.17) is 23.2 Å². The fraction of sp³-hybridized carbons (Fsp3) is 0.364. The number of nitrogens with zero attached hydrogens (tertiary/aromatic N) is 1. The second-order valence-electron chi connectivity index (χ2n) is 6.75. The third-order valence-corrected chi connectivity index (χ3v) is 6.21. The first-order valence-corrected chi connectivity index (χ1v) is 11.3. The first-order chi connectivity index (χ1) is 13.8. The molecule has 29 heavy (non-hydrogen) atoms. The number of aryl methyl sites for hydroxylation is 1. The van der Waals surface area contributed by atoms with E-state index < -0.39 is 6.04 Å². The van der Waals surface area contributed by atoms with Gasteiger partial charge in [0.1, 0.15) is 6.04 Å². The maximum Gasteiger partial charge on any atom is 0.242 e. The number of rotatable bonds is 9. The predicted octanol–water partition coefficient (Wildman–Crippen LogP) is 5.34. The first kappa shape index (κ1) is 23.6. The molecule has 0 aliphatic carbocycles. The normalized spacial score (nSPS) is 11.8. The molecule has 0 bridgehead atoms. The SMILES string of the molecule is CCNC(=O)[C@@H](C)N(Cc1ccc(Cl)c(Cl)c1)C(=O)CCSc1ccc(C)cc1. The third kappa shape index (κ3) is 7.25. The molecule has 0 aliphatic heterocycles. The van der Waals surface area contributed by atoms with Gasteiger partial charge in [-0.25, -0.2) is 0 Å². The van der Waals surface area contributed by atoms with Crippen molar-refractivity contribution in [2.24, 2.45) is 0 Å². The zero-order valence-electron chi connectivity index (χ0n) is 16.9.